The highest BCUT2D eigenvalue weighted by molar-refractivity contribution is 7.89. The number of aliphatic carboxylic acids is 1. The van der Waals surface area contributed by atoms with E-state index in [9.17, 15) is 22.4 Å². The minimum Gasteiger partial charge on any atom is -0.480 e. The van der Waals surface area contributed by atoms with Crippen molar-refractivity contribution in [2.24, 2.45) is 0 Å². The summed E-state index contributed by atoms with van der Waals surface area (Å²) in [6, 6.07) is 2.30. The Morgan fingerprint density at radius 2 is 2.00 bits per heavy atom. The lowest BCUT2D eigenvalue weighted by Crippen LogP contribution is -2.42. The number of alkyl halides is 1. The van der Waals surface area contributed by atoms with E-state index >= 15 is 0 Å². The fourth-order valence-corrected chi connectivity index (χ4v) is 4.01. The molecule has 0 radical (unpaired) electrons. The summed E-state index contributed by atoms with van der Waals surface area (Å²) in [6.45, 7) is 1.31. The van der Waals surface area contributed by atoms with Crippen LogP contribution in [0.2, 0.25) is 0 Å². The molecule has 0 aliphatic carbocycles. The molecular formula is C15H19FN2O6S. The van der Waals surface area contributed by atoms with E-state index in [4.69, 9.17) is 9.84 Å². The van der Waals surface area contributed by atoms with Crippen LogP contribution in [0.4, 0.5) is 4.39 Å². The number of ether oxygens (including phenoxy) is 1. The van der Waals surface area contributed by atoms with Crippen molar-refractivity contribution in [2.75, 3.05) is 33.0 Å². The van der Waals surface area contributed by atoms with Crippen LogP contribution < -0.4 is 5.32 Å². The molecule has 0 saturated carbocycles. The molecule has 0 aromatic heterocycles. The standard InChI is InChI=1S/C15H19FN2O6S/c1-10-2-3-11(14(19)17-12(9-16)15(20)21)8-13(10)25(22,23)18-4-6-24-7-5-18/h2-3,8,12H,4-7,9H2,1H3,(H,17,19)(H,20,21). The molecule has 1 amide bonds. The number of carbonyl (C=O) groups is 2. The van der Waals surface area contributed by atoms with Gasteiger partial charge in [-0.2, -0.15) is 4.31 Å². The van der Waals surface area contributed by atoms with Crippen LogP contribution in [0.15, 0.2) is 23.1 Å². The Balaban J connectivity index is 2.30. The van der Waals surface area contributed by atoms with Crippen molar-refractivity contribution < 1.29 is 32.2 Å². The van der Waals surface area contributed by atoms with Gasteiger partial charge in [-0.1, -0.05) is 6.07 Å². The van der Waals surface area contributed by atoms with Crippen molar-refractivity contribution in [2.45, 2.75) is 17.9 Å². The highest BCUT2D eigenvalue weighted by Crippen LogP contribution is 2.22. The molecular weight excluding hydrogens is 355 g/mol. The van der Waals surface area contributed by atoms with E-state index in [1.54, 1.807) is 6.92 Å². The second kappa shape index (κ2) is 7.89. The Kier molecular flexibility index (Phi) is 6.09. The van der Waals surface area contributed by atoms with Crippen LogP contribution in [0.5, 0.6) is 0 Å². The highest BCUT2D eigenvalue weighted by atomic mass is 32.2. The van der Waals surface area contributed by atoms with Crippen LogP contribution in [0.1, 0.15) is 15.9 Å². The fourth-order valence-electron chi connectivity index (χ4n) is 2.35. The van der Waals surface area contributed by atoms with Crippen LogP contribution >= 0.6 is 0 Å². The molecule has 1 atom stereocenters. The van der Waals surface area contributed by atoms with Crippen molar-refractivity contribution in [3.63, 3.8) is 0 Å². The van der Waals surface area contributed by atoms with Gasteiger partial charge in [-0.15, -0.1) is 0 Å². The average molecular weight is 374 g/mol. The maximum absolute atomic E-state index is 12.8. The number of rotatable bonds is 6. The number of morpholine rings is 1. The molecule has 1 aliphatic heterocycles. The van der Waals surface area contributed by atoms with Crippen molar-refractivity contribution in [3.05, 3.63) is 29.3 Å². The lowest BCUT2D eigenvalue weighted by atomic mass is 10.1. The molecule has 1 aromatic rings. The molecule has 1 aliphatic rings. The van der Waals surface area contributed by atoms with E-state index in [2.05, 4.69) is 0 Å². The first kappa shape index (κ1) is 19.3. The van der Waals surface area contributed by atoms with Crippen molar-refractivity contribution >= 4 is 21.9 Å². The van der Waals surface area contributed by atoms with Crippen LogP contribution in [-0.4, -0.2) is 68.7 Å². The average Bonchev–Trinajstić information content (AvgIpc) is 2.60. The first-order valence-electron chi connectivity index (χ1n) is 7.55. The number of amides is 1. The Morgan fingerprint density at radius 3 is 2.56 bits per heavy atom. The molecule has 1 fully saturated rings. The topological polar surface area (TPSA) is 113 Å². The van der Waals surface area contributed by atoms with E-state index in [1.165, 1.54) is 22.5 Å². The number of carbonyl (C=O) groups excluding carboxylic acids is 1. The van der Waals surface area contributed by atoms with Gasteiger partial charge in [-0.05, 0) is 24.6 Å². The number of hydrogen-bond donors (Lipinski definition) is 2. The quantitative estimate of drug-likeness (QED) is 0.734. The van der Waals surface area contributed by atoms with Gasteiger partial charge in [0.25, 0.3) is 5.91 Å². The zero-order valence-corrected chi connectivity index (χ0v) is 14.4. The fraction of sp³-hybridized carbons (Fsp3) is 0.467. The zero-order valence-electron chi connectivity index (χ0n) is 13.6. The second-order valence-corrected chi connectivity index (χ2v) is 7.42. The molecule has 10 heteroatoms. The largest absolute Gasteiger partial charge is 0.480 e. The molecule has 8 nitrogen and oxygen atoms in total. The smallest absolute Gasteiger partial charge is 0.328 e. The minimum absolute atomic E-state index is 0.0471. The van der Waals surface area contributed by atoms with Crippen LogP contribution in [0.3, 0.4) is 0 Å². The van der Waals surface area contributed by atoms with Gasteiger partial charge in [0.15, 0.2) is 6.04 Å². The molecule has 2 rings (SSSR count). The van der Waals surface area contributed by atoms with E-state index in [0.717, 1.165) is 0 Å². The maximum atomic E-state index is 12.8. The molecule has 0 bridgehead atoms. The summed E-state index contributed by atoms with van der Waals surface area (Å²) in [5.41, 5.74) is 0.389. The number of aryl methyl sites for hydroxylation is 1. The number of carboxylic acid groups (broad SMARTS) is 1. The third kappa shape index (κ3) is 4.33. The predicted octanol–water partition coefficient (Wildman–Crippen LogP) is 0.168. The molecule has 1 saturated heterocycles. The van der Waals surface area contributed by atoms with Gasteiger partial charge in [-0.25, -0.2) is 17.6 Å². The van der Waals surface area contributed by atoms with E-state index in [1.807, 2.05) is 5.32 Å². The number of nitrogens with zero attached hydrogens (tertiary/aromatic N) is 1. The molecule has 1 aromatic carbocycles. The summed E-state index contributed by atoms with van der Waals surface area (Å²) < 4.78 is 44.6. The third-order valence-corrected chi connectivity index (χ3v) is 5.84. The Labute approximate surface area is 144 Å². The predicted molar refractivity (Wildman–Crippen MR) is 85.6 cm³/mol. The highest BCUT2D eigenvalue weighted by Gasteiger charge is 2.29. The summed E-state index contributed by atoms with van der Waals surface area (Å²) in [6.07, 6.45) is 0. The van der Waals surface area contributed by atoms with Crippen LogP contribution in [0, 0.1) is 6.92 Å². The monoisotopic (exact) mass is 374 g/mol. The molecule has 25 heavy (non-hydrogen) atoms. The Morgan fingerprint density at radius 1 is 1.36 bits per heavy atom. The molecule has 1 heterocycles. The van der Waals surface area contributed by atoms with Gasteiger partial charge in [0.1, 0.15) is 6.67 Å². The number of carboxylic acids is 1. The molecule has 1 unspecified atom stereocenters. The summed E-state index contributed by atoms with van der Waals surface area (Å²) >= 11 is 0. The first-order valence-corrected chi connectivity index (χ1v) is 8.99. The lowest BCUT2D eigenvalue weighted by Gasteiger charge is -2.26. The van der Waals surface area contributed by atoms with Crippen molar-refractivity contribution in [1.82, 2.24) is 9.62 Å². The van der Waals surface area contributed by atoms with Gasteiger partial charge in [0, 0.05) is 18.7 Å². The Hall–Kier alpha value is -2.04. The third-order valence-electron chi connectivity index (χ3n) is 3.80. The maximum Gasteiger partial charge on any atom is 0.328 e. The number of benzene rings is 1. The normalized spacial score (nSPS) is 17.0. The lowest BCUT2D eigenvalue weighted by molar-refractivity contribution is -0.139. The molecule has 2 N–H and O–H groups in total. The van der Waals surface area contributed by atoms with Gasteiger partial charge in [0.2, 0.25) is 10.0 Å². The van der Waals surface area contributed by atoms with Crippen LogP contribution in [-0.2, 0) is 19.6 Å². The summed E-state index contributed by atoms with van der Waals surface area (Å²) in [5, 5.41) is 10.8. The van der Waals surface area contributed by atoms with Crippen LogP contribution in [0.25, 0.3) is 0 Å². The van der Waals surface area contributed by atoms with E-state index in [-0.39, 0.29) is 36.8 Å². The van der Waals surface area contributed by atoms with E-state index < -0.39 is 34.6 Å². The summed E-state index contributed by atoms with van der Waals surface area (Å²) in [7, 11) is -3.82. The van der Waals surface area contributed by atoms with E-state index in [0.29, 0.717) is 5.56 Å². The number of nitrogens with one attached hydrogen (secondary N) is 1. The van der Waals surface area contributed by atoms with Gasteiger partial charge in [-0.3, -0.25) is 4.79 Å². The SMILES string of the molecule is Cc1ccc(C(=O)NC(CF)C(=O)O)cc1S(=O)(=O)N1CCOCC1. The summed E-state index contributed by atoms with van der Waals surface area (Å²) in [4.78, 5) is 22.9. The Bertz CT molecular complexity index is 761. The number of halogens is 1. The number of hydrogen-bond acceptors (Lipinski definition) is 5. The molecule has 0 spiro atoms. The second-order valence-electron chi connectivity index (χ2n) is 5.52. The summed E-state index contributed by atoms with van der Waals surface area (Å²) in [5.74, 6) is -2.37. The minimum atomic E-state index is -3.82. The first-order chi connectivity index (χ1) is 11.8. The molecule has 138 valence electrons. The van der Waals surface area contributed by atoms with Gasteiger partial charge >= 0.3 is 5.97 Å². The van der Waals surface area contributed by atoms with Gasteiger partial charge in [0.05, 0.1) is 18.1 Å². The zero-order chi connectivity index (χ0) is 18.6. The van der Waals surface area contributed by atoms with Gasteiger partial charge < -0.3 is 15.2 Å². The number of sulfonamides is 1. The van der Waals surface area contributed by atoms with Crippen molar-refractivity contribution in [3.8, 4) is 0 Å². The van der Waals surface area contributed by atoms with Crippen molar-refractivity contribution in [1.29, 1.82) is 0 Å².